The zero-order chi connectivity index (χ0) is 16.2. The number of nitrogens with zero attached hydrogens (tertiary/aromatic N) is 2. The second-order valence-electron chi connectivity index (χ2n) is 6.03. The second-order valence-corrected chi connectivity index (χ2v) is 6.03. The fraction of sp³-hybridized carbons (Fsp3) is 0.444. The van der Waals surface area contributed by atoms with Crippen LogP contribution in [-0.2, 0) is 24.7 Å². The Hall–Kier alpha value is -2.30. The molecular weight excluding hydrogens is 290 g/mol. The van der Waals surface area contributed by atoms with Gasteiger partial charge in [0.15, 0.2) is 0 Å². The number of rotatable bonds is 5. The topological polar surface area (TPSA) is 56.1 Å². The number of carbonyl (C=O) groups is 1. The standard InChI is InChI=1S/C18H23N3O2/c1-21-17-5-3-4-16(15(17)12-19-21)20-18(22)11-8-13-6-9-14(23-2)10-7-13/h6-7,9-10,12,16H,3-5,8,11H2,1-2H3,(H,20,22)/t16-/m1/s1. The summed E-state index contributed by atoms with van der Waals surface area (Å²) in [6, 6.07) is 7.97. The lowest BCUT2D eigenvalue weighted by Gasteiger charge is -2.23. The Balaban J connectivity index is 1.55. The third-order valence-electron chi connectivity index (χ3n) is 4.51. The normalized spacial score (nSPS) is 16.7. The molecule has 0 aliphatic heterocycles. The fourth-order valence-electron chi connectivity index (χ4n) is 3.17. The summed E-state index contributed by atoms with van der Waals surface area (Å²) in [5.41, 5.74) is 3.57. The van der Waals surface area contributed by atoms with Crippen molar-refractivity contribution >= 4 is 5.91 Å². The highest BCUT2D eigenvalue weighted by molar-refractivity contribution is 5.76. The summed E-state index contributed by atoms with van der Waals surface area (Å²) in [6.07, 6.45) is 6.26. The highest BCUT2D eigenvalue weighted by Gasteiger charge is 2.24. The largest absolute Gasteiger partial charge is 0.497 e. The van der Waals surface area contributed by atoms with Crippen LogP contribution >= 0.6 is 0 Å². The van der Waals surface area contributed by atoms with Crippen LogP contribution in [0.4, 0.5) is 0 Å². The van der Waals surface area contributed by atoms with E-state index in [-0.39, 0.29) is 11.9 Å². The third-order valence-corrected chi connectivity index (χ3v) is 4.51. The van der Waals surface area contributed by atoms with Gasteiger partial charge in [-0.2, -0.15) is 5.10 Å². The SMILES string of the molecule is COc1ccc(CCC(=O)N[C@@H]2CCCc3c2cnn3C)cc1. The molecule has 1 aromatic heterocycles. The van der Waals surface area contributed by atoms with E-state index in [2.05, 4.69) is 10.4 Å². The van der Waals surface area contributed by atoms with E-state index >= 15 is 0 Å². The van der Waals surface area contributed by atoms with Crippen LogP contribution in [0.2, 0.25) is 0 Å². The molecule has 1 N–H and O–H groups in total. The number of hydrogen-bond donors (Lipinski definition) is 1. The number of benzene rings is 1. The smallest absolute Gasteiger partial charge is 0.220 e. The van der Waals surface area contributed by atoms with E-state index < -0.39 is 0 Å². The molecule has 1 aliphatic rings. The van der Waals surface area contributed by atoms with Crippen molar-refractivity contribution in [2.24, 2.45) is 7.05 Å². The third kappa shape index (κ3) is 3.55. The molecule has 0 fully saturated rings. The fourth-order valence-corrected chi connectivity index (χ4v) is 3.17. The molecule has 0 unspecified atom stereocenters. The van der Waals surface area contributed by atoms with Crippen LogP contribution in [0.15, 0.2) is 30.5 Å². The van der Waals surface area contributed by atoms with Crippen molar-refractivity contribution in [1.29, 1.82) is 0 Å². The summed E-state index contributed by atoms with van der Waals surface area (Å²) >= 11 is 0. The van der Waals surface area contributed by atoms with E-state index in [0.717, 1.165) is 37.0 Å². The van der Waals surface area contributed by atoms with Crippen LogP contribution in [0.1, 0.15) is 42.1 Å². The number of aromatic nitrogens is 2. The lowest BCUT2D eigenvalue weighted by molar-refractivity contribution is -0.121. The second kappa shape index (κ2) is 6.86. The van der Waals surface area contributed by atoms with E-state index in [1.54, 1.807) is 7.11 Å². The molecule has 1 aliphatic carbocycles. The zero-order valence-corrected chi connectivity index (χ0v) is 13.7. The van der Waals surface area contributed by atoms with Gasteiger partial charge >= 0.3 is 0 Å². The first-order valence-electron chi connectivity index (χ1n) is 8.10. The van der Waals surface area contributed by atoms with Crippen molar-refractivity contribution in [1.82, 2.24) is 15.1 Å². The van der Waals surface area contributed by atoms with E-state index in [9.17, 15) is 4.79 Å². The van der Waals surface area contributed by atoms with Crippen molar-refractivity contribution in [3.05, 3.63) is 47.3 Å². The average Bonchev–Trinajstić information content (AvgIpc) is 2.96. The van der Waals surface area contributed by atoms with Gasteiger partial charge in [0.1, 0.15) is 5.75 Å². The van der Waals surface area contributed by atoms with E-state index in [1.165, 1.54) is 11.3 Å². The van der Waals surface area contributed by atoms with Crippen molar-refractivity contribution in [3.63, 3.8) is 0 Å². The molecule has 5 heteroatoms. The van der Waals surface area contributed by atoms with Gasteiger partial charge in [-0.3, -0.25) is 9.48 Å². The van der Waals surface area contributed by atoms with Crippen LogP contribution in [-0.4, -0.2) is 22.8 Å². The molecule has 0 bridgehead atoms. The monoisotopic (exact) mass is 313 g/mol. The van der Waals surface area contributed by atoms with Gasteiger partial charge < -0.3 is 10.1 Å². The Morgan fingerprint density at radius 1 is 1.39 bits per heavy atom. The number of amides is 1. The minimum absolute atomic E-state index is 0.0996. The Morgan fingerprint density at radius 3 is 2.91 bits per heavy atom. The first-order valence-corrected chi connectivity index (χ1v) is 8.10. The first-order chi connectivity index (χ1) is 11.2. The van der Waals surface area contributed by atoms with Gasteiger partial charge in [0, 0.05) is 24.7 Å². The van der Waals surface area contributed by atoms with E-state index in [0.29, 0.717) is 6.42 Å². The summed E-state index contributed by atoms with van der Waals surface area (Å²) in [4.78, 5) is 12.3. The molecule has 1 aromatic carbocycles. The van der Waals surface area contributed by atoms with Crippen LogP contribution in [0.3, 0.4) is 0 Å². The van der Waals surface area contributed by atoms with E-state index in [4.69, 9.17) is 4.74 Å². The predicted octanol–water partition coefficient (Wildman–Crippen LogP) is 2.56. The van der Waals surface area contributed by atoms with Gasteiger partial charge in [0.2, 0.25) is 5.91 Å². The average molecular weight is 313 g/mol. The molecule has 0 spiro atoms. The number of nitrogens with one attached hydrogen (secondary N) is 1. The summed E-state index contributed by atoms with van der Waals surface area (Å²) in [5, 5.41) is 7.48. The highest BCUT2D eigenvalue weighted by Crippen LogP contribution is 2.29. The van der Waals surface area contributed by atoms with E-state index in [1.807, 2.05) is 42.2 Å². The number of hydrogen-bond acceptors (Lipinski definition) is 3. The molecule has 0 radical (unpaired) electrons. The molecule has 5 nitrogen and oxygen atoms in total. The number of methoxy groups -OCH3 is 1. The minimum atomic E-state index is 0.0996. The Morgan fingerprint density at radius 2 is 2.17 bits per heavy atom. The maximum Gasteiger partial charge on any atom is 0.220 e. The highest BCUT2D eigenvalue weighted by atomic mass is 16.5. The molecule has 1 heterocycles. The van der Waals surface area contributed by atoms with Crippen molar-refractivity contribution < 1.29 is 9.53 Å². The Bertz CT molecular complexity index is 676. The Labute approximate surface area is 136 Å². The molecule has 1 amide bonds. The lowest BCUT2D eigenvalue weighted by atomic mass is 9.93. The van der Waals surface area contributed by atoms with Gasteiger partial charge in [-0.15, -0.1) is 0 Å². The maximum absolute atomic E-state index is 12.3. The molecule has 122 valence electrons. The molecule has 23 heavy (non-hydrogen) atoms. The molecule has 0 saturated heterocycles. The van der Waals surface area contributed by atoms with Gasteiger partial charge in [-0.25, -0.2) is 0 Å². The number of ether oxygens (including phenoxy) is 1. The van der Waals surface area contributed by atoms with Crippen LogP contribution in [0.5, 0.6) is 5.75 Å². The summed E-state index contributed by atoms with van der Waals surface area (Å²) in [7, 11) is 3.62. The van der Waals surface area contributed by atoms with Crippen molar-refractivity contribution in [3.8, 4) is 5.75 Å². The number of fused-ring (bicyclic) bond motifs is 1. The minimum Gasteiger partial charge on any atom is -0.497 e. The predicted molar refractivity (Wildman–Crippen MR) is 88.3 cm³/mol. The Kier molecular flexibility index (Phi) is 4.65. The molecular formula is C18H23N3O2. The summed E-state index contributed by atoms with van der Waals surface area (Å²) < 4.78 is 7.06. The van der Waals surface area contributed by atoms with Crippen molar-refractivity contribution in [2.75, 3.05) is 7.11 Å². The van der Waals surface area contributed by atoms with Gasteiger partial charge in [0.25, 0.3) is 0 Å². The van der Waals surface area contributed by atoms with Gasteiger partial charge in [0.05, 0.1) is 19.3 Å². The molecule has 3 rings (SSSR count). The van der Waals surface area contributed by atoms with Gasteiger partial charge in [-0.1, -0.05) is 12.1 Å². The van der Waals surface area contributed by atoms with Crippen molar-refractivity contribution in [2.45, 2.75) is 38.1 Å². The van der Waals surface area contributed by atoms with Crippen LogP contribution < -0.4 is 10.1 Å². The summed E-state index contributed by atoms with van der Waals surface area (Å²) in [6.45, 7) is 0. The molecule has 1 atom stereocenters. The zero-order valence-electron chi connectivity index (χ0n) is 13.7. The number of carbonyl (C=O) groups excluding carboxylic acids is 1. The molecule has 0 saturated carbocycles. The summed E-state index contributed by atoms with van der Waals surface area (Å²) in [5.74, 6) is 0.937. The van der Waals surface area contributed by atoms with Crippen LogP contribution in [0.25, 0.3) is 0 Å². The first kappa shape index (κ1) is 15.6. The lowest BCUT2D eigenvalue weighted by Crippen LogP contribution is -2.31. The quantitative estimate of drug-likeness (QED) is 0.923. The maximum atomic E-state index is 12.3. The van der Waals surface area contributed by atoms with Crippen LogP contribution in [0, 0.1) is 0 Å². The number of aryl methyl sites for hydroxylation is 2. The molecule has 2 aromatic rings. The van der Waals surface area contributed by atoms with Gasteiger partial charge in [-0.05, 0) is 43.4 Å².